The van der Waals surface area contributed by atoms with Gasteiger partial charge in [0.25, 0.3) is 5.91 Å². The van der Waals surface area contributed by atoms with Crippen LogP contribution in [0.4, 0.5) is 5.69 Å². The third kappa shape index (κ3) is 4.72. The van der Waals surface area contributed by atoms with E-state index in [0.29, 0.717) is 27.2 Å². The second-order valence-electron chi connectivity index (χ2n) is 5.21. The molecule has 1 unspecified atom stereocenters. The van der Waals surface area contributed by atoms with E-state index >= 15 is 0 Å². The molecule has 1 aromatic heterocycles. The van der Waals surface area contributed by atoms with Gasteiger partial charge < -0.3 is 15.5 Å². The summed E-state index contributed by atoms with van der Waals surface area (Å²) in [4.78, 5) is 30.0. The fourth-order valence-electron chi connectivity index (χ4n) is 2.15. The normalized spacial score (nSPS) is 16.1. The number of hydrogen-bond donors (Lipinski definition) is 2. The molecule has 1 aromatic carbocycles. The van der Waals surface area contributed by atoms with Gasteiger partial charge in [-0.3, -0.25) is 9.59 Å². The van der Waals surface area contributed by atoms with Crippen LogP contribution in [0.15, 0.2) is 41.6 Å². The number of halogens is 2. The number of nitrogens with one attached hydrogen (secondary N) is 2. The Bertz CT molecular complexity index is 820. The number of benzene rings is 1. The second kappa shape index (κ2) is 7.86. The van der Waals surface area contributed by atoms with E-state index in [0.717, 1.165) is 4.88 Å². The predicted molar refractivity (Wildman–Crippen MR) is 98.4 cm³/mol. The number of carbonyl (C=O) groups excluding carboxylic acids is 2. The van der Waals surface area contributed by atoms with Gasteiger partial charge in [0.15, 0.2) is 0 Å². The first-order chi connectivity index (χ1) is 12.0. The molecule has 1 atom stereocenters. The Kier molecular flexibility index (Phi) is 5.57. The largest absolute Gasteiger partial charge is 0.382 e. The van der Waals surface area contributed by atoms with Crippen LogP contribution >= 0.6 is 34.5 Å². The standard InChI is InChI=1S/C16H13Cl2N3O3S/c17-9-1-3-10(4-2-9)20-15(22)8-19-16(23)12-7-11(21-24-12)13-5-6-14(18)25-13/h1-6,12H,7-8H2,(H,19,23)(H,20,22). The van der Waals surface area contributed by atoms with Gasteiger partial charge in [0, 0.05) is 17.1 Å². The number of nitrogens with zero attached hydrogens (tertiary/aromatic N) is 1. The third-order valence-electron chi connectivity index (χ3n) is 3.37. The summed E-state index contributed by atoms with van der Waals surface area (Å²) in [5.41, 5.74) is 1.27. The van der Waals surface area contributed by atoms with Crippen LogP contribution < -0.4 is 10.6 Å². The molecule has 0 fully saturated rings. The molecular weight excluding hydrogens is 385 g/mol. The van der Waals surface area contributed by atoms with Gasteiger partial charge in [-0.25, -0.2) is 0 Å². The fourth-order valence-corrected chi connectivity index (χ4v) is 3.31. The van der Waals surface area contributed by atoms with E-state index in [4.69, 9.17) is 28.0 Å². The Balaban J connectivity index is 1.45. The topological polar surface area (TPSA) is 79.8 Å². The summed E-state index contributed by atoms with van der Waals surface area (Å²) < 4.78 is 0.643. The van der Waals surface area contributed by atoms with Gasteiger partial charge >= 0.3 is 0 Å². The van der Waals surface area contributed by atoms with Crippen molar-refractivity contribution >= 4 is 57.8 Å². The molecule has 2 amide bonds. The lowest BCUT2D eigenvalue weighted by Gasteiger charge is -2.10. The zero-order valence-electron chi connectivity index (χ0n) is 12.8. The minimum atomic E-state index is -0.751. The van der Waals surface area contributed by atoms with Crippen molar-refractivity contribution in [2.75, 3.05) is 11.9 Å². The van der Waals surface area contributed by atoms with Gasteiger partial charge in [-0.15, -0.1) is 11.3 Å². The summed E-state index contributed by atoms with van der Waals surface area (Å²) in [6, 6.07) is 10.3. The third-order valence-corrected chi connectivity index (χ3v) is 4.90. The molecule has 6 nitrogen and oxygen atoms in total. The zero-order chi connectivity index (χ0) is 17.8. The average molecular weight is 398 g/mol. The van der Waals surface area contributed by atoms with Crippen molar-refractivity contribution in [1.29, 1.82) is 0 Å². The lowest BCUT2D eigenvalue weighted by Crippen LogP contribution is -2.39. The maximum Gasteiger partial charge on any atom is 0.264 e. The van der Waals surface area contributed by atoms with E-state index in [1.165, 1.54) is 11.3 Å². The van der Waals surface area contributed by atoms with Crippen molar-refractivity contribution < 1.29 is 14.4 Å². The van der Waals surface area contributed by atoms with Crippen molar-refractivity contribution in [2.24, 2.45) is 5.16 Å². The van der Waals surface area contributed by atoms with Gasteiger partial charge in [0.2, 0.25) is 12.0 Å². The number of amides is 2. The number of oxime groups is 1. The van der Waals surface area contributed by atoms with Gasteiger partial charge in [-0.05, 0) is 36.4 Å². The minimum absolute atomic E-state index is 0.165. The van der Waals surface area contributed by atoms with E-state index in [2.05, 4.69) is 15.8 Å². The van der Waals surface area contributed by atoms with Crippen molar-refractivity contribution in [3.8, 4) is 0 Å². The van der Waals surface area contributed by atoms with Gasteiger partial charge in [0.05, 0.1) is 15.8 Å². The molecule has 2 heterocycles. The summed E-state index contributed by atoms with van der Waals surface area (Å²) in [5.74, 6) is -0.743. The second-order valence-corrected chi connectivity index (χ2v) is 7.36. The SMILES string of the molecule is O=C(CNC(=O)C1CC(c2ccc(Cl)s2)=NO1)Nc1ccc(Cl)cc1. The summed E-state index contributed by atoms with van der Waals surface area (Å²) >= 11 is 13.0. The van der Waals surface area contributed by atoms with Crippen LogP contribution in [0.1, 0.15) is 11.3 Å². The molecule has 0 radical (unpaired) electrons. The molecule has 25 heavy (non-hydrogen) atoms. The highest BCUT2D eigenvalue weighted by Gasteiger charge is 2.29. The van der Waals surface area contributed by atoms with E-state index in [9.17, 15) is 9.59 Å². The molecule has 1 aliphatic rings. The molecule has 2 aromatic rings. The Labute approximate surface area is 157 Å². The first kappa shape index (κ1) is 17.7. The van der Waals surface area contributed by atoms with Crippen LogP contribution in [0.2, 0.25) is 9.36 Å². The number of carbonyl (C=O) groups is 2. The van der Waals surface area contributed by atoms with E-state index in [-0.39, 0.29) is 12.5 Å². The molecule has 0 spiro atoms. The van der Waals surface area contributed by atoms with Gasteiger partial charge in [-0.2, -0.15) is 0 Å². The number of thiophene rings is 1. The monoisotopic (exact) mass is 397 g/mol. The minimum Gasteiger partial charge on any atom is -0.382 e. The zero-order valence-corrected chi connectivity index (χ0v) is 15.1. The highest BCUT2D eigenvalue weighted by molar-refractivity contribution is 7.18. The van der Waals surface area contributed by atoms with Crippen molar-refractivity contribution in [1.82, 2.24) is 5.32 Å². The van der Waals surface area contributed by atoms with Crippen molar-refractivity contribution in [3.63, 3.8) is 0 Å². The molecule has 0 aliphatic carbocycles. The molecule has 9 heteroatoms. The lowest BCUT2D eigenvalue weighted by molar-refractivity contribution is -0.132. The Hall–Kier alpha value is -2.09. The smallest absolute Gasteiger partial charge is 0.264 e. The lowest BCUT2D eigenvalue weighted by atomic mass is 10.1. The summed E-state index contributed by atoms with van der Waals surface area (Å²) in [5, 5.41) is 9.69. The highest BCUT2D eigenvalue weighted by atomic mass is 35.5. The van der Waals surface area contributed by atoms with E-state index < -0.39 is 12.0 Å². The summed E-state index contributed by atoms with van der Waals surface area (Å²) in [6.07, 6.45) is -0.416. The molecule has 3 rings (SSSR count). The maximum atomic E-state index is 12.1. The van der Waals surface area contributed by atoms with Gasteiger partial charge in [0.1, 0.15) is 5.71 Å². The highest BCUT2D eigenvalue weighted by Crippen LogP contribution is 2.26. The van der Waals surface area contributed by atoms with Gasteiger partial charge in [-0.1, -0.05) is 28.4 Å². The van der Waals surface area contributed by atoms with Crippen LogP contribution in [-0.4, -0.2) is 30.2 Å². The average Bonchev–Trinajstić information content (AvgIpc) is 3.23. The van der Waals surface area contributed by atoms with Crippen LogP contribution in [0.3, 0.4) is 0 Å². The predicted octanol–water partition coefficient (Wildman–Crippen LogP) is 3.30. The van der Waals surface area contributed by atoms with Crippen LogP contribution in [0, 0.1) is 0 Å². The molecule has 1 aliphatic heterocycles. The van der Waals surface area contributed by atoms with Crippen LogP contribution in [0.25, 0.3) is 0 Å². The van der Waals surface area contributed by atoms with E-state index in [1.54, 1.807) is 30.3 Å². The number of anilines is 1. The molecule has 0 saturated heterocycles. The van der Waals surface area contributed by atoms with Crippen molar-refractivity contribution in [3.05, 3.63) is 50.6 Å². The molecular formula is C16H13Cl2N3O3S. The van der Waals surface area contributed by atoms with Crippen LogP contribution in [-0.2, 0) is 14.4 Å². The molecule has 0 saturated carbocycles. The van der Waals surface area contributed by atoms with Crippen molar-refractivity contribution in [2.45, 2.75) is 12.5 Å². The molecule has 130 valence electrons. The Morgan fingerprint density at radius 1 is 1.20 bits per heavy atom. The summed E-state index contributed by atoms with van der Waals surface area (Å²) in [6.45, 7) is -0.165. The Morgan fingerprint density at radius 3 is 2.64 bits per heavy atom. The molecule has 2 N–H and O–H groups in total. The first-order valence-corrected chi connectivity index (χ1v) is 8.90. The van der Waals surface area contributed by atoms with E-state index in [1.807, 2.05) is 6.07 Å². The number of rotatable bonds is 5. The quantitative estimate of drug-likeness (QED) is 0.811. The maximum absolute atomic E-state index is 12.1. The fraction of sp³-hybridized carbons (Fsp3) is 0.188. The number of hydrogen-bond acceptors (Lipinski definition) is 5. The Morgan fingerprint density at radius 2 is 1.96 bits per heavy atom. The first-order valence-electron chi connectivity index (χ1n) is 7.33. The molecule has 0 bridgehead atoms. The summed E-state index contributed by atoms with van der Waals surface area (Å²) in [7, 11) is 0. The van der Waals surface area contributed by atoms with Crippen LogP contribution in [0.5, 0.6) is 0 Å².